The molecule has 0 spiro atoms. The van der Waals surface area contributed by atoms with E-state index in [0.29, 0.717) is 24.3 Å². The van der Waals surface area contributed by atoms with E-state index >= 15 is 0 Å². The van der Waals surface area contributed by atoms with Crippen LogP contribution in [0.5, 0.6) is 5.75 Å². The molecule has 2 aromatic carbocycles. The molecule has 32 heavy (non-hydrogen) atoms. The van der Waals surface area contributed by atoms with Gasteiger partial charge < -0.3 is 25.6 Å². The number of aromatic nitrogens is 2. The Morgan fingerprint density at radius 3 is 2.62 bits per heavy atom. The first-order valence-corrected chi connectivity index (χ1v) is 10.2. The molecule has 0 aliphatic heterocycles. The molecule has 1 heterocycles. The first kappa shape index (κ1) is 22.8. The fourth-order valence-electron chi connectivity index (χ4n) is 3.45. The molecule has 1 atom stereocenters. The number of rotatable bonds is 8. The van der Waals surface area contributed by atoms with Gasteiger partial charge in [-0.2, -0.15) is 0 Å². The minimum atomic E-state index is -0.478. The molecule has 1 aromatic heterocycles. The smallest absolute Gasteiger partial charge is 0.308 e. The monoisotopic (exact) mass is 437 g/mol. The van der Waals surface area contributed by atoms with Crippen LogP contribution in [0.4, 0.5) is 11.5 Å². The maximum absolute atomic E-state index is 12.2. The van der Waals surface area contributed by atoms with Gasteiger partial charge in [-0.3, -0.25) is 15.4 Å². The molecule has 0 aliphatic rings. The lowest BCUT2D eigenvalue weighted by molar-refractivity contribution is -0.144. The van der Waals surface area contributed by atoms with Crippen LogP contribution < -0.4 is 27.3 Å². The van der Waals surface area contributed by atoms with Crippen LogP contribution in [0.2, 0.25) is 0 Å². The first-order valence-electron chi connectivity index (χ1n) is 10.2. The molecule has 3 rings (SSSR count). The summed E-state index contributed by atoms with van der Waals surface area (Å²) in [7, 11) is 1.39. The number of hydrogen-bond acceptors (Lipinski definition) is 8. The number of H-pyrrole nitrogens is 1. The summed E-state index contributed by atoms with van der Waals surface area (Å²) in [4.78, 5) is 30.9. The summed E-state index contributed by atoms with van der Waals surface area (Å²) in [6, 6.07) is 13.5. The summed E-state index contributed by atoms with van der Waals surface area (Å²) in [5.74, 6) is 5.67. The third-order valence-corrected chi connectivity index (χ3v) is 5.03. The number of esters is 1. The van der Waals surface area contributed by atoms with Crippen molar-refractivity contribution in [2.45, 2.75) is 20.3 Å². The Labute approximate surface area is 185 Å². The van der Waals surface area contributed by atoms with E-state index in [-0.39, 0.29) is 29.2 Å². The number of nitrogens with zero attached hydrogens (tertiary/aromatic N) is 1. The standard InChI is InChI=1S/C23H27N5O4/c1-4-32-18-12-16(15-7-5-6-14(11-15)10-13(2)23(30)31-3)8-9-17(18)21-26-20(24)19(28-25)22(29)27-21/h5-9,11-13,28H,4,10,25H2,1-3H3,(H3,24,26,27,29). The minimum Gasteiger partial charge on any atom is -0.493 e. The lowest BCUT2D eigenvalue weighted by Crippen LogP contribution is -2.22. The van der Waals surface area contributed by atoms with E-state index in [9.17, 15) is 9.59 Å². The second-order valence-corrected chi connectivity index (χ2v) is 7.29. The van der Waals surface area contributed by atoms with Crippen LogP contribution in [0.1, 0.15) is 19.4 Å². The van der Waals surface area contributed by atoms with Gasteiger partial charge in [0.15, 0.2) is 11.5 Å². The summed E-state index contributed by atoms with van der Waals surface area (Å²) in [6.45, 7) is 4.14. The van der Waals surface area contributed by atoms with Gasteiger partial charge in [-0.05, 0) is 42.2 Å². The van der Waals surface area contributed by atoms with Gasteiger partial charge in [0.25, 0.3) is 5.56 Å². The number of methoxy groups -OCH3 is 1. The van der Waals surface area contributed by atoms with Crippen LogP contribution in [-0.4, -0.2) is 29.7 Å². The normalized spacial score (nSPS) is 11.6. The predicted molar refractivity (Wildman–Crippen MR) is 124 cm³/mol. The van der Waals surface area contributed by atoms with Gasteiger partial charge in [0.1, 0.15) is 11.6 Å². The number of carbonyl (C=O) groups excluding carboxylic acids is 1. The van der Waals surface area contributed by atoms with Gasteiger partial charge in [-0.1, -0.05) is 37.3 Å². The van der Waals surface area contributed by atoms with Crippen LogP contribution in [-0.2, 0) is 16.0 Å². The summed E-state index contributed by atoms with van der Waals surface area (Å²) in [5, 5.41) is 0. The zero-order chi connectivity index (χ0) is 23.3. The van der Waals surface area contributed by atoms with Crippen molar-refractivity contribution in [3.8, 4) is 28.3 Å². The van der Waals surface area contributed by atoms with Gasteiger partial charge in [-0.15, -0.1) is 0 Å². The summed E-state index contributed by atoms with van der Waals surface area (Å²) in [6.07, 6.45) is 0.572. The van der Waals surface area contributed by atoms with Crippen molar-refractivity contribution < 1.29 is 14.3 Å². The van der Waals surface area contributed by atoms with Gasteiger partial charge in [0.2, 0.25) is 0 Å². The molecule has 0 amide bonds. The average molecular weight is 438 g/mol. The van der Waals surface area contributed by atoms with Crippen molar-refractivity contribution in [1.29, 1.82) is 0 Å². The molecule has 168 valence electrons. The first-order chi connectivity index (χ1) is 15.4. The van der Waals surface area contributed by atoms with Crippen LogP contribution in [0, 0.1) is 5.92 Å². The molecular formula is C23H27N5O4. The highest BCUT2D eigenvalue weighted by molar-refractivity contribution is 5.75. The third-order valence-electron chi connectivity index (χ3n) is 5.03. The minimum absolute atomic E-state index is 0.00123. The van der Waals surface area contributed by atoms with Crippen molar-refractivity contribution >= 4 is 17.5 Å². The number of carbonyl (C=O) groups is 1. The van der Waals surface area contributed by atoms with E-state index in [0.717, 1.165) is 16.7 Å². The van der Waals surface area contributed by atoms with Gasteiger partial charge in [-0.25, -0.2) is 4.98 Å². The van der Waals surface area contributed by atoms with Crippen LogP contribution in [0.25, 0.3) is 22.5 Å². The number of ether oxygens (including phenoxy) is 2. The largest absolute Gasteiger partial charge is 0.493 e. The highest BCUT2D eigenvalue weighted by Gasteiger charge is 2.16. The lowest BCUT2D eigenvalue weighted by atomic mass is 9.96. The summed E-state index contributed by atoms with van der Waals surface area (Å²) < 4.78 is 10.6. The molecule has 0 saturated heterocycles. The van der Waals surface area contributed by atoms with Gasteiger partial charge >= 0.3 is 5.97 Å². The summed E-state index contributed by atoms with van der Waals surface area (Å²) in [5.41, 5.74) is 11.1. The van der Waals surface area contributed by atoms with E-state index in [1.807, 2.05) is 56.3 Å². The molecule has 3 aromatic rings. The number of aromatic amines is 1. The topological polar surface area (TPSA) is 145 Å². The van der Waals surface area contributed by atoms with E-state index in [1.165, 1.54) is 7.11 Å². The number of nitrogens with two attached hydrogens (primary N) is 2. The van der Waals surface area contributed by atoms with E-state index in [4.69, 9.17) is 21.1 Å². The average Bonchev–Trinajstić information content (AvgIpc) is 2.78. The van der Waals surface area contributed by atoms with Crippen LogP contribution in [0.3, 0.4) is 0 Å². The Hall–Kier alpha value is -3.85. The molecule has 0 fully saturated rings. The molecule has 0 radical (unpaired) electrons. The van der Waals surface area contributed by atoms with Gasteiger partial charge in [0, 0.05) is 0 Å². The molecule has 1 unspecified atom stereocenters. The highest BCUT2D eigenvalue weighted by Crippen LogP contribution is 2.33. The molecule has 0 bridgehead atoms. The van der Waals surface area contributed by atoms with E-state index in [1.54, 1.807) is 0 Å². The van der Waals surface area contributed by atoms with E-state index < -0.39 is 5.56 Å². The highest BCUT2D eigenvalue weighted by atomic mass is 16.5. The fraction of sp³-hybridized carbons (Fsp3) is 0.261. The number of hydrogen-bond donors (Lipinski definition) is 4. The number of nitrogen functional groups attached to an aromatic ring is 2. The Morgan fingerprint density at radius 2 is 1.97 bits per heavy atom. The molecular weight excluding hydrogens is 410 g/mol. The summed E-state index contributed by atoms with van der Waals surface area (Å²) >= 11 is 0. The van der Waals surface area contributed by atoms with Crippen molar-refractivity contribution in [3.63, 3.8) is 0 Å². The zero-order valence-electron chi connectivity index (χ0n) is 18.3. The molecule has 9 nitrogen and oxygen atoms in total. The SMILES string of the molecule is CCOc1cc(-c2cccc(CC(C)C(=O)OC)c2)ccc1-c1nc(N)c(NN)c(=O)[nH]1. The Bertz CT molecular complexity index is 1180. The second-order valence-electron chi connectivity index (χ2n) is 7.29. The molecule has 0 aliphatic carbocycles. The number of hydrazine groups is 1. The van der Waals surface area contributed by atoms with Crippen LogP contribution >= 0.6 is 0 Å². The van der Waals surface area contributed by atoms with Crippen molar-refractivity contribution in [2.75, 3.05) is 24.9 Å². The number of nitrogens with one attached hydrogen (secondary N) is 2. The lowest BCUT2D eigenvalue weighted by Gasteiger charge is -2.14. The van der Waals surface area contributed by atoms with Crippen LogP contribution in [0.15, 0.2) is 47.3 Å². The Morgan fingerprint density at radius 1 is 1.22 bits per heavy atom. The zero-order valence-corrected chi connectivity index (χ0v) is 18.3. The Balaban J connectivity index is 1.99. The predicted octanol–water partition coefficient (Wildman–Crippen LogP) is 2.72. The van der Waals surface area contributed by atoms with Crippen molar-refractivity contribution in [1.82, 2.24) is 9.97 Å². The van der Waals surface area contributed by atoms with Crippen molar-refractivity contribution in [2.24, 2.45) is 11.8 Å². The second kappa shape index (κ2) is 9.97. The maximum atomic E-state index is 12.2. The van der Waals surface area contributed by atoms with Gasteiger partial charge in [0.05, 0.1) is 25.2 Å². The quantitative estimate of drug-likeness (QED) is 0.239. The molecule has 0 saturated carbocycles. The number of anilines is 2. The number of benzene rings is 2. The van der Waals surface area contributed by atoms with Crippen molar-refractivity contribution in [3.05, 3.63) is 58.4 Å². The third kappa shape index (κ3) is 4.89. The maximum Gasteiger partial charge on any atom is 0.308 e. The molecule has 6 N–H and O–H groups in total. The van der Waals surface area contributed by atoms with E-state index in [2.05, 4.69) is 15.4 Å². The molecule has 9 heteroatoms. The Kier molecular flexibility index (Phi) is 7.11. The fourth-order valence-corrected chi connectivity index (χ4v) is 3.45.